The van der Waals surface area contributed by atoms with E-state index in [1.807, 2.05) is 11.8 Å². The number of carbonyl (C=O) groups is 1. The second-order valence-corrected chi connectivity index (χ2v) is 6.49. The van der Waals surface area contributed by atoms with Gasteiger partial charge in [-0.05, 0) is 51.3 Å². The first-order chi connectivity index (χ1) is 10.1. The Morgan fingerprint density at radius 2 is 2.10 bits per heavy atom. The van der Waals surface area contributed by atoms with Gasteiger partial charge in [-0.25, -0.2) is 0 Å². The maximum atomic E-state index is 12.6. The fourth-order valence-corrected chi connectivity index (χ4v) is 3.67. The monoisotopic (exact) mass is 289 g/mol. The lowest BCUT2D eigenvalue weighted by Crippen LogP contribution is -2.53. The van der Waals surface area contributed by atoms with Crippen LogP contribution in [0.3, 0.4) is 0 Å². The van der Waals surface area contributed by atoms with Crippen molar-refractivity contribution in [2.45, 2.75) is 32.6 Å². The number of rotatable bonds is 1. The molecule has 1 aromatic heterocycles. The predicted octanol–water partition coefficient (Wildman–Crippen LogP) is 1.29. The van der Waals surface area contributed by atoms with Crippen LogP contribution in [-0.2, 0) is 0 Å². The van der Waals surface area contributed by atoms with Gasteiger partial charge in [0.1, 0.15) is 5.56 Å². The summed E-state index contributed by atoms with van der Waals surface area (Å²) in [5, 5.41) is 3.46. The molecule has 21 heavy (non-hydrogen) atoms. The van der Waals surface area contributed by atoms with E-state index in [1.165, 1.54) is 19.3 Å². The number of aromatic amines is 1. The first-order valence-electron chi connectivity index (χ1n) is 7.80. The molecule has 0 radical (unpaired) electrons. The zero-order valence-corrected chi connectivity index (χ0v) is 12.6. The quantitative estimate of drug-likeness (QED) is 0.819. The Kier molecular flexibility index (Phi) is 3.85. The molecule has 0 aromatic carbocycles. The van der Waals surface area contributed by atoms with E-state index in [0.29, 0.717) is 0 Å². The number of pyridine rings is 1. The van der Waals surface area contributed by atoms with E-state index in [2.05, 4.69) is 10.3 Å². The van der Waals surface area contributed by atoms with Crippen molar-refractivity contribution in [3.8, 4) is 0 Å². The third kappa shape index (κ3) is 2.88. The van der Waals surface area contributed by atoms with Crippen molar-refractivity contribution in [1.29, 1.82) is 0 Å². The lowest BCUT2D eigenvalue weighted by atomic mass is 9.74. The highest BCUT2D eigenvalue weighted by atomic mass is 16.2. The highest BCUT2D eigenvalue weighted by Gasteiger charge is 2.38. The van der Waals surface area contributed by atoms with Crippen molar-refractivity contribution in [2.24, 2.45) is 5.41 Å². The van der Waals surface area contributed by atoms with Gasteiger partial charge in [-0.3, -0.25) is 9.59 Å². The van der Waals surface area contributed by atoms with Gasteiger partial charge in [0, 0.05) is 30.7 Å². The Morgan fingerprint density at radius 1 is 1.29 bits per heavy atom. The van der Waals surface area contributed by atoms with Gasteiger partial charge in [0.15, 0.2) is 0 Å². The minimum atomic E-state index is -0.276. The Morgan fingerprint density at radius 3 is 2.81 bits per heavy atom. The summed E-state index contributed by atoms with van der Waals surface area (Å²) >= 11 is 0. The summed E-state index contributed by atoms with van der Waals surface area (Å²) in [6.45, 7) is 5.41. The molecule has 2 saturated heterocycles. The van der Waals surface area contributed by atoms with Crippen LogP contribution in [0.2, 0.25) is 0 Å². The molecule has 2 fully saturated rings. The van der Waals surface area contributed by atoms with Gasteiger partial charge in [-0.1, -0.05) is 0 Å². The zero-order valence-electron chi connectivity index (χ0n) is 12.6. The second-order valence-electron chi connectivity index (χ2n) is 6.49. The molecule has 0 saturated carbocycles. The molecular formula is C16H23N3O2. The van der Waals surface area contributed by atoms with E-state index in [4.69, 9.17) is 0 Å². The molecule has 3 heterocycles. The van der Waals surface area contributed by atoms with Crippen LogP contribution in [-0.4, -0.2) is 42.0 Å². The SMILES string of the molecule is Cc1ccc(C(=O)N2CCCC3(CCCNC3)C2)c(=O)[nH]1. The van der Waals surface area contributed by atoms with Gasteiger partial charge < -0.3 is 15.2 Å². The molecule has 1 spiro atoms. The minimum absolute atomic E-state index is 0.124. The molecule has 1 amide bonds. The van der Waals surface area contributed by atoms with Crippen LogP contribution in [0.4, 0.5) is 0 Å². The number of hydrogen-bond acceptors (Lipinski definition) is 3. The van der Waals surface area contributed by atoms with Crippen molar-refractivity contribution in [1.82, 2.24) is 15.2 Å². The predicted molar refractivity (Wildman–Crippen MR) is 81.5 cm³/mol. The summed E-state index contributed by atoms with van der Waals surface area (Å²) < 4.78 is 0. The van der Waals surface area contributed by atoms with Crippen molar-refractivity contribution in [3.05, 3.63) is 33.7 Å². The van der Waals surface area contributed by atoms with Gasteiger partial charge in [0.25, 0.3) is 11.5 Å². The molecule has 0 aliphatic carbocycles. The van der Waals surface area contributed by atoms with Crippen LogP contribution < -0.4 is 10.9 Å². The highest BCUT2D eigenvalue weighted by molar-refractivity contribution is 5.93. The number of aromatic nitrogens is 1. The average Bonchev–Trinajstić information content (AvgIpc) is 2.47. The molecule has 5 heteroatoms. The van der Waals surface area contributed by atoms with Crippen LogP contribution in [0.15, 0.2) is 16.9 Å². The number of H-pyrrole nitrogens is 1. The maximum absolute atomic E-state index is 12.6. The molecular weight excluding hydrogens is 266 g/mol. The zero-order chi connectivity index (χ0) is 14.9. The van der Waals surface area contributed by atoms with Crippen LogP contribution in [0.25, 0.3) is 0 Å². The Hall–Kier alpha value is -1.62. The second kappa shape index (κ2) is 5.64. The van der Waals surface area contributed by atoms with Gasteiger partial charge in [-0.2, -0.15) is 0 Å². The Balaban J connectivity index is 1.79. The van der Waals surface area contributed by atoms with Gasteiger partial charge in [0.2, 0.25) is 0 Å². The molecule has 1 atom stereocenters. The average molecular weight is 289 g/mol. The summed E-state index contributed by atoms with van der Waals surface area (Å²) in [5.41, 5.74) is 0.981. The van der Waals surface area contributed by atoms with Crippen molar-refractivity contribution >= 4 is 5.91 Å². The molecule has 2 N–H and O–H groups in total. The third-order valence-corrected chi connectivity index (χ3v) is 4.80. The van der Waals surface area contributed by atoms with Crippen LogP contribution in [0, 0.1) is 12.3 Å². The summed E-state index contributed by atoms with van der Waals surface area (Å²) in [7, 11) is 0. The van der Waals surface area contributed by atoms with E-state index < -0.39 is 0 Å². The summed E-state index contributed by atoms with van der Waals surface area (Å²) in [6, 6.07) is 3.44. The topological polar surface area (TPSA) is 65.2 Å². The largest absolute Gasteiger partial charge is 0.338 e. The standard InChI is InChI=1S/C16H23N3O2/c1-12-4-5-13(14(20)18-12)15(21)19-9-3-7-16(11-19)6-2-8-17-10-16/h4-5,17H,2-3,6-11H2,1H3,(H,18,20). The van der Waals surface area contributed by atoms with Gasteiger partial charge in [0.05, 0.1) is 0 Å². The van der Waals surface area contributed by atoms with E-state index in [-0.39, 0.29) is 22.4 Å². The van der Waals surface area contributed by atoms with E-state index in [1.54, 1.807) is 12.1 Å². The smallest absolute Gasteiger partial charge is 0.260 e. The van der Waals surface area contributed by atoms with Crippen molar-refractivity contribution < 1.29 is 4.79 Å². The fraction of sp³-hybridized carbons (Fsp3) is 0.625. The number of amides is 1. The van der Waals surface area contributed by atoms with Gasteiger partial charge in [-0.15, -0.1) is 0 Å². The number of carbonyl (C=O) groups excluding carboxylic acids is 1. The number of hydrogen-bond donors (Lipinski definition) is 2. The number of aryl methyl sites for hydroxylation is 1. The minimum Gasteiger partial charge on any atom is -0.338 e. The van der Waals surface area contributed by atoms with Crippen molar-refractivity contribution in [3.63, 3.8) is 0 Å². The molecule has 0 bridgehead atoms. The third-order valence-electron chi connectivity index (χ3n) is 4.80. The lowest BCUT2D eigenvalue weighted by Gasteiger charge is -2.45. The number of nitrogens with one attached hydrogen (secondary N) is 2. The highest BCUT2D eigenvalue weighted by Crippen LogP contribution is 2.36. The van der Waals surface area contributed by atoms with Crippen LogP contribution in [0.1, 0.15) is 41.7 Å². The van der Waals surface area contributed by atoms with Crippen LogP contribution in [0.5, 0.6) is 0 Å². The van der Waals surface area contributed by atoms with E-state index in [9.17, 15) is 9.59 Å². The Labute approximate surface area is 124 Å². The lowest BCUT2D eigenvalue weighted by molar-refractivity contribution is 0.0432. The molecule has 3 rings (SSSR count). The Bertz CT molecular complexity index is 582. The maximum Gasteiger partial charge on any atom is 0.260 e. The van der Waals surface area contributed by atoms with Gasteiger partial charge >= 0.3 is 0 Å². The summed E-state index contributed by atoms with van der Waals surface area (Å²) in [5.74, 6) is -0.124. The molecule has 2 aliphatic heterocycles. The first-order valence-corrected chi connectivity index (χ1v) is 7.80. The number of piperidine rings is 2. The van der Waals surface area contributed by atoms with E-state index >= 15 is 0 Å². The molecule has 5 nitrogen and oxygen atoms in total. The molecule has 2 aliphatic rings. The summed E-state index contributed by atoms with van der Waals surface area (Å²) in [6.07, 6.45) is 4.55. The fourth-order valence-electron chi connectivity index (χ4n) is 3.67. The van der Waals surface area contributed by atoms with Crippen molar-refractivity contribution in [2.75, 3.05) is 26.2 Å². The molecule has 1 unspecified atom stereocenters. The van der Waals surface area contributed by atoms with E-state index in [0.717, 1.165) is 38.3 Å². The molecule has 114 valence electrons. The normalized spacial score (nSPS) is 26.0. The molecule has 1 aromatic rings. The first kappa shape index (κ1) is 14.3. The number of nitrogens with zero attached hydrogens (tertiary/aromatic N) is 1. The number of likely N-dealkylation sites (tertiary alicyclic amines) is 1. The van der Waals surface area contributed by atoms with Crippen LogP contribution >= 0.6 is 0 Å². The summed E-state index contributed by atoms with van der Waals surface area (Å²) in [4.78, 5) is 29.2.